The Hall–Kier alpha value is -0.810. The third-order valence-electron chi connectivity index (χ3n) is 5.86. The maximum absolute atomic E-state index is 9.46. The van der Waals surface area contributed by atoms with Crippen LogP contribution in [0.1, 0.15) is 65.2 Å². The number of nitrogens with one attached hydrogen (secondary N) is 2. The van der Waals surface area contributed by atoms with Crippen LogP contribution in [0.4, 0.5) is 0 Å². The number of guanidine groups is 1. The predicted octanol–water partition coefficient (Wildman–Crippen LogP) is 2.36. The van der Waals surface area contributed by atoms with E-state index in [4.69, 9.17) is 4.99 Å². The molecule has 1 atom stereocenters. The van der Waals surface area contributed by atoms with E-state index >= 15 is 0 Å². The lowest BCUT2D eigenvalue weighted by atomic mass is 9.72. The van der Waals surface area contributed by atoms with Gasteiger partial charge < -0.3 is 15.7 Å². The van der Waals surface area contributed by atoms with Gasteiger partial charge in [0.25, 0.3) is 0 Å². The lowest BCUT2D eigenvalue weighted by Gasteiger charge is -2.36. The third kappa shape index (κ3) is 5.92. The number of hydrogen-bond acceptors (Lipinski definition) is 3. The quantitative estimate of drug-likeness (QED) is 0.446. The molecule has 0 heterocycles. The van der Waals surface area contributed by atoms with Crippen molar-refractivity contribution in [2.45, 2.75) is 77.3 Å². The van der Waals surface area contributed by atoms with Gasteiger partial charge in [0.05, 0.1) is 0 Å². The Morgan fingerprint density at radius 1 is 1.25 bits per heavy atom. The molecule has 0 saturated heterocycles. The van der Waals surface area contributed by atoms with Crippen molar-refractivity contribution in [2.75, 3.05) is 33.3 Å². The highest BCUT2D eigenvalue weighted by atomic mass is 16.3. The van der Waals surface area contributed by atoms with Gasteiger partial charge in [-0.25, -0.2) is 0 Å². The number of nitrogens with zero attached hydrogens (tertiary/aromatic N) is 2. The number of hydrogen-bond donors (Lipinski definition) is 3. The standard InChI is InChI=1S/C19H38N4O/c1-4-20-18(21-14-16(2)23(3)17-8-9-17)22-15-19(12-13-24)10-6-5-7-11-19/h16-17,24H,4-15H2,1-3H3,(H2,20,21,22). The molecule has 0 bridgehead atoms. The minimum absolute atomic E-state index is 0.214. The van der Waals surface area contributed by atoms with Gasteiger partial charge in [-0.05, 0) is 58.4 Å². The minimum atomic E-state index is 0.214. The summed E-state index contributed by atoms with van der Waals surface area (Å²) in [5.74, 6) is 0.927. The molecule has 140 valence electrons. The zero-order valence-electron chi connectivity index (χ0n) is 16.0. The van der Waals surface area contributed by atoms with Crippen LogP contribution < -0.4 is 10.6 Å². The third-order valence-corrected chi connectivity index (χ3v) is 5.86. The van der Waals surface area contributed by atoms with E-state index in [0.717, 1.165) is 38.1 Å². The summed E-state index contributed by atoms with van der Waals surface area (Å²) in [6, 6.07) is 1.30. The highest BCUT2D eigenvalue weighted by molar-refractivity contribution is 5.79. The van der Waals surface area contributed by atoms with Crippen LogP contribution in [-0.2, 0) is 0 Å². The summed E-state index contributed by atoms with van der Waals surface area (Å²) in [6.07, 6.45) is 9.88. The normalized spacial score (nSPS) is 22.5. The molecule has 0 aromatic rings. The first-order chi connectivity index (χ1) is 11.6. The second-order valence-electron chi connectivity index (χ2n) is 7.86. The smallest absolute Gasteiger partial charge is 0.191 e. The van der Waals surface area contributed by atoms with E-state index in [0.29, 0.717) is 6.04 Å². The molecule has 0 aromatic heterocycles. The Balaban J connectivity index is 1.88. The van der Waals surface area contributed by atoms with E-state index in [1.165, 1.54) is 44.9 Å². The molecule has 5 nitrogen and oxygen atoms in total. The molecule has 5 heteroatoms. The lowest BCUT2D eigenvalue weighted by Crippen LogP contribution is -2.46. The Labute approximate surface area is 148 Å². The maximum Gasteiger partial charge on any atom is 0.191 e. The van der Waals surface area contributed by atoms with Crippen LogP contribution >= 0.6 is 0 Å². The average Bonchev–Trinajstić information content (AvgIpc) is 3.42. The lowest BCUT2D eigenvalue weighted by molar-refractivity contribution is 0.137. The Morgan fingerprint density at radius 3 is 2.54 bits per heavy atom. The van der Waals surface area contributed by atoms with Gasteiger partial charge in [0.15, 0.2) is 5.96 Å². The second-order valence-corrected chi connectivity index (χ2v) is 7.86. The topological polar surface area (TPSA) is 59.9 Å². The average molecular weight is 339 g/mol. The number of aliphatic imine (C=N–C) groups is 1. The minimum Gasteiger partial charge on any atom is -0.396 e. The molecule has 0 amide bonds. The van der Waals surface area contributed by atoms with Crippen LogP contribution in [0.2, 0.25) is 0 Å². The van der Waals surface area contributed by atoms with Gasteiger partial charge in [-0.15, -0.1) is 0 Å². The van der Waals surface area contributed by atoms with Crippen molar-refractivity contribution < 1.29 is 5.11 Å². The SMILES string of the molecule is CCNC(=NCC1(CCO)CCCCC1)NCC(C)N(C)C1CC1. The molecular formula is C19H38N4O. The van der Waals surface area contributed by atoms with Crippen molar-refractivity contribution in [3.05, 3.63) is 0 Å². The zero-order valence-corrected chi connectivity index (χ0v) is 16.0. The van der Waals surface area contributed by atoms with Gasteiger partial charge in [-0.3, -0.25) is 9.89 Å². The van der Waals surface area contributed by atoms with Crippen molar-refractivity contribution in [1.29, 1.82) is 0 Å². The molecular weight excluding hydrogens is 300 g/mol. The van der Waals surface area contributed by atoms with Crippen molar-refractivity contribution in [1.82, 2.24) is 15.5 Å². The first-order valence-electron chi connectivity index (χ1n) is 9.95. The number of likely N-dealkylation sites (N-methyl/N-ethyl adjacent to an activating group) is 1. The molecule has 2 fully saturated rings. The summed E-state index contributed by atoms with van der Waals surface area (Å²) in [6.45, 7) is 7.31. The Morgan fingerprint density at radius 2 is 1.96 bits per heavy atom. The summed E-state index contributed by atoms with van der Waals surface area (Å²) >= 11 is 0. The van der Waals surface area contributed by atoms with Crippen LogP contribution in [0.3, 0.4) is 0 Å². The first-order valence-corrected chi connectivity index (χ1v) is 9.95. The van der Waals surface area contributed by atoms with Gasteiger partial charge in [0.1, 0.15) is 0 Å². The fourth-order valence-corrected chi connectivity index (χ4v) is 3.84. The summed E-state index contributed by atoms with van der Waals surface area (Å²) in [5, 5.41) is 16.4. The molecule has 2 rings (SSSR count). The summed E-state index contributed by atoms with van der Waals surface area (Å²) < 4.78 is 0. The number of rotatable bonds is 9. The van der Waals surface area contributed by atoms with E-state index in [1.54, 1.807) is 0 Å². The van der Waals surface area contributed by atoms with Crippen LogP contribution in [0.15, 0.2) is 4.99 Å². The van der Waals surface area contributed by atoms with E-state index < -0.39 is 0 Å². The zero-order chi connectivity index (χ0) is 17.4. The second kappa shape index (κ2) is 9.62. The van der Waals surface area contributed by atoms with E-state index in [1.807, 2.05) is 0 Å². The molecule has 2 saturated carbocycles. The summed E-state index contributed by atoms with van der Waals surface area (Å²) in [7, 11) is 2.23. The fraction of sp³-hybridized carbons (Fsp3) is 0.947. The van der Waals surface area contributed by atoms with Crippen molar-refractivity contribution in [3.8, 4) is 0 Å². The molecule has 0 aliphatic heterocycles. The van der Waals surface area contributed by atoms with Gasteiger partial charge in [0, 0.05) is 38.3 Å². The fourth-order valence-electron chi connectivity index (χ4n) is 3.84. The summed E-state index contributed by atoms with van der Waals surface area (Å²) in [5.41, 5.74) is 0.214. The van der Waals surface area contributed by atoms with Crippen LogP contribution in [-0.4, -0.2) is 61.3 Å². The molecule has 1 unspecified atom stereocenters. The van der Waals surface area contributed by atoms with E-state index in [2.05, 4.69) is 36.4 Å². The highest BCUT2D eigenvalue weighted by Crippen LogP contribution is 2.39. The first kappa shape index (κ1) is 19.5. The molecule has 0 radical (unpaired) electrons. The van der Waals surface area contributed by atoms with E-state index in [9.17, 15) is 5.11 Å². The number of aliphatic hydroxyl groups is 1. The molecule has 24 heavy (non-hydrogen) atoms. The van der Waals surface area contributed by atoms with Crippen molar-refractivity contribution in [3.63, 3.8) is 0 Å². The monoisotopic (exact) mass is 338 g/mol. The highest BCUT2D eigenvalue weighted by Gasteiger charge is 2.31. The molecule has 0 aromatic carbocycles. The predicted molar refractivity (Wildman–Crippen MR) is 101 cm³/mol. The van der Waals surface area contributed by atoms with Crippen molar-refractivity contribution >= 4 is 5.96 Å². The molecule has 2 aliphatic carbocycles. The van der Waals surface area contributed by atoms with Gasteiger partial charge in [0.2, 0.25) is 0 Å². The molecule has 3 N–H and O–H groups in total. The van der Waals surface area contributed by atoms with E-state index in [-0.39, 0.29) is 12.0 Å². The molecule has 2 aliphatic rings. The van der Waals surface area contributed by atoms with Gasteiger partial charge >= 0.3 is 0 Å². The molecule has 0 spiro atoms. The Bertz CT molecular complexity index is 383. The Kier molecular flexibility index (Phi) is 7.82. The van der Waals surface area contributed by atoms with Crippen LogP contribution in [0.25, 0.3) is 0 Å². The van der Waals surface area contributed by atoms with Gasteiger partial charge in [-0.1, -0.05) is 19.3 Å². The maximum atomic E-state index is 9.46. The van der Waals surface area contributed by atoms with Crippen LogP contribution in [0, 0.1) is 5.41 Å². The largest absolute Gasteiger partial charge is 0.396 e. The van der Waals surface area contributed by atoms with Crippen LogP contribution in [0.5, 0.6) is 0 Å². The van der Waals surface area contributed by atoms with Gasteiger partial charge in [-0.2, -0.15) is 0 Å². The number of aliphatic hydroxyl groups excluding tert-OH is 1. The van der Waals surface area contributed by atoms with Crippen molar-refractivity contribution in [2.24, 2.45) is 10.4 Å². The summed E-state index contributed by atoms with van der Waals surface area (Å²) in [4.78, 5) is 7.36.